The molecule has 1 saturated carbocycles. The molecule has 0 unspecified atom stereocenters. The molecule has 2 aromatic rings. The molecular weight excluding hydrogens is 393 g/mol. The van der Waals surface area contributed by atoms with Gasteiger partial charge in [0, 0.05) is 11.1 Å². The summed E-state index contributed by atoms with van der Waals surface area (Å²) in [4.78, 5) is 0. The summed E-state index contributed by atoms with van der Waals surface area (Å²) in [5.74, 6) is -0.651. The summed E-state index contributed by atoms with van der Waals surface area (Å²) in [7, 11) is 0. The van der Waals surface area contributed by atoms with E-state index in [1.807, 2.05) is 13.0 Å². The van der Waals surface area contributed by atoms with Gasteiger partial charge in [0.1, 0.15) is 5.82 Å². The lowest BCUT2D eigenvalue weighted by atomic mass is 9.78. The van der Waals surface area contributed by atoms with Gasteiger partial charge in [0.2, 0.25) is 0 Å². The van der Waals surface area contributed by atoms with Gasteiger partial charge in [-0.3, -0.25) is 0 Å². The molecule has 3 heteroatoms. The third-order valence-electron chi connectivity index (χ3n) is 7.03. The average Bonchev–Trinajstić information content (AvgIpc) is 2.77. The van der Waals surface area contributed by atoms with Crippen molar-refractivity contribution in [3.05, 3.63) is 58.9 Å². The summed E-state index contributed by atoms with van der Waals surface area (Å²) in [6.07, 6.45) is 13.7. The zero-order chi connectivity index (χ0) is 22.2. The second-order valence-corrected chi connectivity index (χ2v) is 9.39. The van der Waals surface area contributed by atoms with Crippen molar-refractivity contribution in [1.29, 1.82) is 0 Å². The van der Waals surface area contributed by atoms with Crippen LogP contribution in [0.4, 0.5) is 13.2 Å². The van der Waals surface area contributed by atoms with Gasteiger partial charge in [-0.1, -0.05) is 95.9 Å². The standard InChI is InChI=1S/C28H37F3/c1-3-5-6-8-20-9-11-21(12-10-20)13-14-22-15-17-24(26(29)19-22)25-18-16-23(7-4-2)27(30)28(25)31/h15-21H,3-14H2,1-2H3. The van der Waals surface area contributed by atoms with E-state index in [0.29, 0.717) is 12.0 Å². The fourth-order valence-electron chi connectivity index (χ4n) is 5.06. The molecule has 0 N–H and O–H groups in total. The van der Waals surface area contributed by atoms with Crippen molar-refractivity contribution in [2.24, 2.45) is 11.8 Å². The summed E-state index contributed by atoms with van der Waals surface area (Å²) in [6, 6.07) is 8.05. The van der Waals surface area contributed by atoms with Crippen LogP contribution in [0.25, 0.3) is 11.1 Å². The number of hydrogen-bond acceptors (Lipinski definition) is 0. The van der Waals surface area contributed by atoms with E-state index in [0.717, 1.165) is 36.7 Å². The van der Waals surface area contributed by atoms with Gasteiger partial charge in [-0.05, 0) is 48.3 Å². The highest BCUT2D eigenvalue weighted by molar-refractivity contribution is 5.66. The fourth-order valence-corrected chi connectivity index (χ4v) is 5.06. The highest BCUT2D eigenvalue weighted by atomic mass is 19.2. The summed E-state index contributed by atoms with van der Waals surface area (Å²) in [5, 5.41) is 0. The number of aryl methyl sites for hydroxylation is 2. The molecule has 0 radical (unpaired) electrons. The van der Waals surface area contributed by atoms with Gasteiger partial charge in [0.25, 0.3) is 0 Å². The normalized spacial score (nSPS) is 19.0. The average molecular weight is 431 g/mol. The molecule has 1 fully saturated rings. The minimum atomic E-state index is -0.951. The zero-order valence-corrected chi connectivity index (χ0v) is 19.2. The van der Waals surface area contributed by atoms with Crippen LogP contribution in [-0.4, -0.2) is 0 Å². The number of unbranched alkanes of at least 4 members (excludes halogenated alkanes) is 2. The fraction of sp³-hybridized carbons (Fsp3) is 0.571. The molecule has 0 bridgehead atoms. The Bertz CT molecular complexity index is 834. The molecule has 0 aromatic heterocycles. The first-order chi connectivity index (χ1) is 15.0. The molecular formula is C28H37F3. The van der Waals surface area contributed by atoms with Gasteiger partial charge in [-0.25, -0.2) is 13.2 Å². The second kappa shape index (κ2) is 11.7. The van der Waals surface area contributed by atoms with Crippen molar-refractivity contribution in [2.75, 3.05) is 0 Å². The summed E-state index contributed by atoms with van der Waals surface area (Å²) < 4.78 is 43.6. The molecule has 2 aromatic carbocycles. The molecule has 0 heterocycles. The van der Waals surface area contributed by atoms with E-state index in [2.05, 4.69) is 6.92 Å². The van der Waals surface area contributed by atoms with E-state index >= 15 is 0 Å². The van der Waals surface area contributed by atoms with Crippen LogP contribution in [0.15, 0.2) is 30.3 Å². The third-order valence-corrected chi connectivity index (χ3v) is 7.03. The van der Waals surface area contributed by atoms with Crippen molar-refractivity contribution in [2.45, 2.75) is 90.9 Å². The number of benzene rings is 2. The smallest absolute Gasteiger partial charge is 0.167 e. The molecule has 1 aliphatic carbocycles. The molecule has 0 amide bonds. The van der Waals surface area contributed by atoms with Crippen LogP contribution in [0.1, 0.15) is 89.2 Å². The van der Waals surface area contributed by atoms with Crippen LogP contribution in [0.2, 0.25) is 0 Å². The maximum atomic E-state index is 14.8. The Morgan fingerprint density at radius 3 is 2.03 bits per heavy atom. The van der Waals surface area contributed by atoms with Crippen molar-refractivity contribution in [1.82, 2.24) is 0 Å². The van der Waals surface area contributed by atoms with Gasteiger partial charge in [0.05, 0.1) is 0 Å². The molecule has 1 aliphatic rings. The molecule has 170 valence electrons. The predicted octanol–water partition coefficient (Wildman–Crippen LogP) is 9.04. The Morgan fingerprint density at radius 1 is 0.710 bits per heavy atom. The van der Waals surface area contributed by atoms with Crippen LogP contribution >= 0.6 is 0 Å². The predicted molar refractivity (Wildman–Crippen MR) is 124 cm³/mol. The maximum absolute atomic E-state index is 14.8. The monoisotopic (exact) mass is 430 g/mol. The van der Waals surface area contributed by atoms with E-state index in [4.69, 9.17) is 0 Å². The number of rotatable bonds is 10. The van der Waals surface area contributed by atoms with Gasteiger partial charge >= 0.3 is 0 Å². The quantitative estimate of drug-likeness (QED) is 0.330. The van der Waals surface area contributed by atoms with Gasteiger partial charge < -0.3 is 0 Å². The molecule has 0 aliphatic heterocycles. The van der Waals surface area contributed by atoms with Crippen LogP contribution in [0.5, 0.6) is 0 Å². The molecule has 0 spiro atoms. The third kappa shape index (κ3) is 6.37. The first-order valence-electron chi connectivity index (χ1n) is 12.3. The topological polar surface area (TPSA) is 0 Å². The zero-order valence-electron chi connectivity index (χ0n) is 19.2. The van der Waals surface area contributed by atoms with Crippen LogP contribution in [0.3, 0.4) is 0 Å². The summed E-state index contributed by atoms with van der Waals surface area (Å²) in [6.45, 7) is 4.17. The van der Waals surface area contributed by atoms with E-state index in [-0.39, 0.29) is 11.1 Å². The molecule has 0 saturated heterocycles. The van der Waals surface area contributed by atoms with E-state index in [9.17, 15) is 13.2 Å². The minimum Gasteiger partial charge on any atom is -0.206 e. The summed E-state index contributed by atoms with van der Waals surface area (Å²) >= 11 is 0. The minimum absolute atomic E-state index is 0.00259. The Labute approximate surface area is 186 Å². The van der Waals surface area contributed by atoms with Gasteiger partial charge in [-0.2, -0.15) is 0 Å². The molecule has 0 atom stereocenters. The number of halogens is 3. The van der Waals surface area contributed by atoms with Crippen molar-refractivity contribution in [3.63, 3.8) is 0 Å². The van der Waals surface area contributed by atoms with Gasteiger partial charge in [0.15, 0.2) is 11.6 Å². The van der Waals surface area contributed by atoms with Crippen molar-refractivity contribution < 1.29 is 13.2 Å². The van der Waals surface area contributed by atoms with Crippen LogP contribution in [-0.2, 0) is 12.8 Å². The van der Waals surface area contributed by atoms with Crippen molar-refractivity contribution >= 4 is 0 Å². The maximum Gasteiger partial charge on any atom is 0.167 e. The lowest BCUT2D eigenvalue weighted by Crippen LogP contribution is -2.15. The van der Waals surface area contributed by atoms with Crippen LogP contribution in [0, 0.1) is 29.3 Å². The molecule has 31 heavy (non-hydrogen) atoms. The SMILES string of the molecule is CCCCCC1CCC(CCc2ccc(-c3ccc(CCC)c(F)c3F)c(F)c2)CC1. The Hall–Kier alpha value is -1.77. The van der Waals surface area contributed by atoms with E-state index in [1.165, 1.54) is 63.5 Å². The number of hydrogen-bond donors (Lipinski definition) is 0. The second-order valence-electron chi connectivity index (χ2n) is 9.39. The first-order valence-corrected chi connectivity index (χ1v) is 12.3. The van der Waals surface area contributed by atoms with Crippen molar-refractivity contribution in [3.8, 4) is 11.1 Å². The van der Waals surface area contributed by atoms with E-state index < -0.39 is 17.5 Å². The highest BCUT2D eigenvalue weighted by Crippen LogP contribution is 2.35. The Kier molecular flexibility index (Phi) is 9.04. The lowest BCUT2D eigenvalue weighted by molar-refractivity contribution is 0.249. The molecule has 3 rings (SSSR count). The largest absolute Gasteiger partial charge is 0.206 e. The summed E-state index contributed by atoms with van der Waals surface area (Å²) in [5.41, 5.74) is 1.43. The lowest BCUT2D eigenvalue weighted by Gasteiger charge is -2.28. The Balaban J connectivity index is 1.57. The van der Waals surface area contributed by atoms with Gasteiger partial charge in [-0.15, -0.1) is 0 Å². The highest BCUT2D eigenvalue weighted by Gasteiger charge is 2.21. The first kappa shape index (κ1) is 23.9. The Morgan fingerprint density at radius 2 is 1.39 bits per heavy atom. The van der Waals surface area contributed by atoms with Crippen LogP contribution < -0.4 is 0 Å². The molecule has 0 nitrogen and oxygen atoms in total. The van der Waals surface area contributed by atoms with E-state index in [1.54, 1.807) is 12.1 Å².